The molecule has 1 saturated heterocycles. The molecule has 7 nitrogen and oxygen atoms in total. The molecule has 156 valence electrons. The summed E-state index contributed by atoms with van der Waals surface area (Å²) >= 11 is 5.98. The van der Waals surface area contributed by atoms with Gasteiger partial charge < -0.3 is 15.2 Å². The predicted octanol–water partition coefficient (Wildman–Crippen LogP) is 2.38. The summed E-state index contributed by atoms with van der Waals surface area (Å²) < 4.78 is 30.0. The smallest absolute Gasteiger partial charge is 0.251 e. The quantitative estimate of drug-likeness (QED) is 0.731. The Balaban J connectivity index is 1.73. The molecule has 0 unspecified atom stereocenters. The number of halogens is 1. The number of carbonyl (C=O) groups excluding carboxylic acids is 1. The molecule has 2 aromatic rings. The van der Waals surface area contributed by atoms with Gasteiger partial charge in [0, 0.05) is 29.0 Å². The van der Waals surface area contributed by atoms with Gasteiger partial charge >= 0.3 is 0 Å². The average molecular weight is 447 g/mol. The summed E-state index contributed by atoms with van der Waals surface area (Å²) in [4.78, 5) is 12.9. The van der Waals surface area contributed by atoms with Crippen LogP contribution in [0.25, 0.3) is 0 Å². The largest absolute Gasteiger partial charge is 0.484 e. The van der Waals surface area contributed by atoms with E-state index in [2.05, 4.69) is 5.32 Å². The molecular formula is C21H19ClN2O5S. The van der Waals surface area contributed by atoms with E-state index in [-0.39, 0.29) is 24.3 Å². The maximum absolute atomic E-state index is 12.9. The summed E-state index contributed by atoms with van der Waals surface area (Å²) in [6, 6.07) is 12.3. The number of aliphatic hydroxyl groups excluding tert-OH is 1. The third-order valence-corrected chi connectivity index (χ3v) is 7.58. The first kappa shape index (κ1) is 20.7. The fraction of sp³-hybridized carbons (Fsp3) is 0.333. The first-order chi connectivity index (χ1) is 14.2. The Labute approximate surface area is 179 Å². The zero-order valence-electron chi connectivity index (χ0n) is 15.8. The number of hydrogen-bond donors (Lipinski definition) is 2. The number of hydrogen-bond acceptors (Lipinski definition) is 6. The van der Waals surface area contributed by atoms with Crippen molar-refractivity contribution < 1.29 is 23.1 Å². The number of ether oxygens (including phenoxy) is 1. The van der Waals surface area contributed by atoms with Gasteiger partial charge in [-0.3, -0.25) is 4.79 Å². The van der Waals surface area contributed by atoms with E-state index < -0.39 is 33.5 Å². The molecular weight excluding hydrogens is 428 g/mol. The fourth-order valence-corrected chi connectivity index (χ4v) is 5.71. The van der Waals surface area contributed by atoms with E-state index in [4.69, 9.17) is 16.3 Å². The molecule has 1 fully saturated rings. The molecule has 0 radical (unpaired) electrons. The maximum atomic E-state index is 12.9. The van der Waals surface area contributed by atoms with Crippen LogP contribution in [0.1, 0.15) is 40.4 Å². The van der Waals surface area contributed by atoms with Crippen LogP contribution in [-0.2, 0) is 9.84 Å². The van der Waals surface area contributed by atoms with Gasteiger partial charge in [0.2, 0.25) is 0 Å². The standard InChI is InChI=1S/C21H19ClN2O5S/c22-15-3-1-2-14(11-15)20(26)24-18-16-10-13(12-23)4-5-17(16)29-21(19(18)25)6-8-30(27,28)9-7-21/h1-5,10-11,18-19,25H,6-9H2,(H,24,26)/t18-,19+/m1/s1. The second kappa shape index (κ2) is 7.58. The number of nitriles is 1. The highest BCUT2D eigenvalue weighted by atomic mass is 35.5. The number of nitrogens with zero attached hydrogens (tertiary/aromatic N) is 1. The molecule has 0 aromatic heterocycles. The Hall–Kier alpha value is -2.60. The van der Waals surface area contributed by atoms with Crippen LogP contribution in [0, 0.1) is 11.3 Å². The van der Waals surface area contributed by atoms with Gasteiger partial charge in [-0.2, -0.15) is 5.26 Å². The number of sulfone groups is 1. The van der Waals surface area contributed by atoms with Crippen molar-refractivity contribution in [3.63, 3.8) is 0 Å². The van der Waals surface area contributed by atoms with E-state index in [1.54, 1.807) is 36.4 Å². The SMILES string of the molecule is N#Cc1ccc2c(c1)[C@@H](NC(=O)c1cccc(Cl)c1)[C@H](O)C1(CCS(=O)(=O)CC1)O2. The van der Waals surface area contributed by atoms with E-state index in [0.29, 0.717) is 27.5 Å². The first-order valence-electron chi connectivity index (χ1n) is 9.41. The molecule has 0 aliphatic carbocycles. The molecule has 30 heavy (non-hydrogen) atoms. The van der Waals surface area contributed by atoms with Crippen molar-refractivity contribution >= 4 is 27.3 Å². The lowest BCUT2D eigenvalue weighted by molar-refractivity contribution is -0.0913. The normalized spacial score (nSPS) is 23.6. The molecule has 9 heteroatoms. The lowest BCUT2D eigenvalue weighted by Crippen LogP contribution is -2.60. The Morgan fingerprint density at radius 3 is 2.63 bits per heavy atom. The third-order valence-electron chi connectivity index (χ3n) is 5.69. The molecule has 0 saturated carbocycles. The van der Waals surface area contributed by atoms with E-state index in [0.717, 1.165) is 0 Å². The summed E-state index contributed by atoms with van der Waals surface area (Å²) in [6.07, 6.45) is -0.976. The minimum absolute atomic E-state index is 0.107. The summed E-state index contributed by atoms with van der Waals surface area (Å²) in [5.74, 6) is -0.250. The van der Waals surface area contributed by atoms with Crippen LogP contribution >= 0.6 is 11.6 Å². The predicted molar refractivity (Wildman–Crippen MR) is 110 cm³/mol. The number of nitrogens with one attached hydrogen (secondary N) is 1. The molecule has 1 spiro atoms. The molecule has 2 heterocycles. The average Bonchev–Trinajstić information content (AvgIpc) is 2.73. The highest BCUT2D eigenvalue weighted by molar-refractivity contribution is 7.91. The first-order valence-corrected chi connectivity index (χ1v) is 11.6. The van der Waals surface area contributed by atoms with E-state index in [9.17, 15) is 23.6 Å². The Morgan fingerprint density at radius 1 is 1.23 bits per heavy atom. The number of benzene rings is 2. The van der Waals surface area contributed by atoms with E-state index >= 15 is 0 Å². The van der Waals surface area contributed by atoms with Gasteiger partial charge in [0.15, 0.2) is 9.84 Å². The summed E-state index contributed by atoms with van der Waals surface area (Å²) in [5.41, 5.74) is 0.00262. The highest BCUT2D eigenvalue weighted by Crippen LogP contribution is 2.45. The van der Waals surface area contributed by atoms with Crippen LogP contribution in [0.3, 0.4) is 0 Å². The number of carbonyl (C=O) groups is 1. The van der Waals surface area contributed by atoms with Gasteiger partial charge in [-0.25, -0.2) is 8.42 Å². The van der Waals surface area contributed by atoms with Crippen molar-refractivity contribution in [1.29, 1.82) is 5.26 Å². The van der Waals surface area contributed by atoms with Crippen molar-refractivity contribution in [3.05, 3.63) is 64.2 Å². The second-order valence-electron chi connectivity index (χ2n) is 7.59. The molecule has 2 N–H and O–H groups in total. The molecule has 2 aliphatic rings. The Kier molecular flexibility index (Phi) is 5.22. The highest BCUT2D eigenvalue weighted by Gasteiger charge is 2.52. The van der Waals surface area contributed by atoms with Gasteiger partial charge in [-0.15, -0.1) is 0 Å². The van der Waals surface area contributed by atoms with Gasteiger partial charge in [-0.1, -0.05) is 17.7 Å². The van der Waals surface area contributed by atoms with Gasteiger partial charge in [0.1, 0.15) is 17.5 Å². The van der Waals surface area contributed by atoms with Crippen molar-refractivity contribution in [2.75, 3.05) is 11.5 Å². The summed E-state index contributed by atoms with van der Waals surface area (Å²) in [5, 5.41) is 23.7. The lowest BCUT2D eigenvalue weighted by Gasteiger charge is -2.48. The van der Waals surface area contributed by atoms with Gasteiger partial charge in [-0.05, 0) is 36.4 Å². The molecule has 2 aromatic carbocycles. The summed E-state index contributed by atoms with van der Waals surface area (Å²) in [6.45, 7) is 0. The van der Waals surface area contributed by atoms with Crippen LogP contribution < -0.4 is 10.1 Å². The third kappa shape index (κ3) is 3.76. The van der Waals surface area contributed by atoms with Gasteiger partial charge in [0.25, 0.3) is 5.91 Å². The molecule has 0 bridgehead atoms. The van der Waals surface area contributed by atoms with Crippen LogP contribution in [0.15, 0.2) is 42.5 Å². The maximum Gasteiger partial charge on any atom is 0.251 e. The number of fused-ring (bicyclic) bond motifs is 1. The number of amides is 1. The van der Waals surface area contributed by atoms with Crippen LogP contribution in [-0.4, -0.2) is 42.6 Å². The summed E-state index contributed by atoms with van der Waals surface area (Å²) in [7, 11) is -3.19. The van der Waals surface area contributed by atoms with E-state index in [1.165, 1.54) is 6.07 Å². The zero-order chi connectivity index (χ0) is 21.5. The van der Waals surface area contributed by atoms with Crippen LogP contribution in [0.4, 0.5) is 0 Å². The Bertz CT molecular complexity index is 1140. The van der Waals surface area contributed by atoms with Crippen molar-refractivity contribution in [2.24, 2.45) is 0 Å². The molecule has 2 atom stereocenters. The van der Waals surface area contributed by atoms with Gasteiger partial charge in [0.05, 0.1) is 29.2 Å². The van der Waals surface area contributed by atoms with Crippen molar-refractivity contribution in [2.45, 2.75) is 30.6 Å². The Morgan fingerprint density at radius 2 is 1.97 bits per heavy atom. The number of rotatable bonds is 2. The minimum atomic E-state index is -3.19. The minimum Gasteiger partial charge on any atom is -0.484 e. The zero-order valence-corrected chi connectivity index (χ0v) is 17.4. The van der Waals surface area contributed by atoms with E-state index in [1.807, 2.05) is 6.07 Å². The second-order valence-corrected chi connectivity index (χ2v) is 10.3. The lowest BCUT2D eigenvalue weighted by atomic mass is 9.80. The topological polar surface area (TPSA) is 116 Å². The number of aliphatic hydroxyl groups is 1. The molecule has 2 aliphatic heterocycles. The molecule has 1 amide bonds. The van der Waals surface area contributed by atoms with Crippen LogP contribution in [0.2, 0.25) is 5.02 Å². The van der Waals surface area contributed by atoms with Crippen LogP contribution in [0.5, 0.6) is 5.75 Å². The van der Waals surface area contributed by atoms with Crippen molar-refractivity contribution in [1.82, 2.24) is 5.32 Å². The van der Waals surface area contributed by atoms with Crippen molar-refractivity contribution in [3.8, 4) is 11.8 Å². The monoisotopic (exact) mass is 446 g/mol. The fourth-order valence-electron chi connectivity index (χ4n) is 4.00. The molecule has 4 rings (SSSR count).